The van der Waals surface area contributed by atoms with Crippen LogP contribution in [-0.4, -0.2) is 57.2 Å². The molecule has 0 spiro atoms. The minimum atomic E-state index is -4.75. The largest absolute Gasteiger partial charge is 0.726 e. The van der Waals surface area contributed by atoms with Crippen molar-refractivity contribution >= 4 is 10.4 Å². The first-order chi connectivity index (χ1) is 8.75. The van der Waals surface area contributed by atoms with Gasteiger partial charge in [0, 0.05) is 12.8 Å². The Labute approximate surface area is 113 Å². The quantitative estimate of drug-likeness (QED) is 0.510. The zero-order chi connectivity index (χ0) is 14.1. The molecule has 0 bridgehead atoms. The molecule has 112 valence electrons. The Morgan fingerprint density at radius 2 is 2.00 bits per heavy atom. The van der Waals surface area contributed by atoms with Crippen molar-refractivity contribution in [1.82, 2.24) is 0 Å². The third-order valence-corrected chi connectivity index (χ3v) is 3.97. The van der Waals surface area contributed by atoms with E-state index in [0.29, 0.717) is 6.54 Å². The molecule has 8 heteroatoms. The lowest BCUT2D eigenvalue weighted by molar-refractivity contribution is -0.891. The number of quaternary nitrogens is 1. The van der Waals surface area contributed by atoms with Crippen LogP contribution >= 0.6 is 0 Å². The van der Waals surface area contributed by atoms with Crippen LogP contribution in [0.2, 0.25) is 0 Å². The Morgan fingerprint density at radius 1 is 1.37 bits per heavy atom. The first-order valence-electron chi connectivity index (χ1n) is 6.55. The number of nitrogens with one attached hydrogen (secondary N) is 1. The molecular formula is C11H21NO6S. The molecule has 0 aliphatic carbocycles. The highest BCUT2D eigenvalue weighted by Crippen LogP contribution is 2.24. The van der Waals surface area contributed by atoms with Crippen molar-refractivity contribution in [3.63, 3.8) is 0 Å². The van der Waals surface area contributed by atoms with E-state index < -0.39 is 28.4 Å². The van der Waals surface area contributed by atoms with E-state index in [0.717, 1.165) is 25.9 Å². The molecule has 2 aliphatic heterocycles. The van der Waals surface area contributed by atoms with Gasteiger partial charge in [-0.3, -0.25) is 4.18 Å². The average molecular weight is 295 g/mol. The molecule has 0 amide bonds. The van der Waals surface area contributed by atoms with Crippen LogP contribution in [0, 0.1) is 0 Å². The van der Waals surface area contributed by atoms with Crippen molar-refractivity contribution in [2.24, 2.45) is 0 Å². The van der Waals surface area contributed by atoms with Gasteiger partial charge < -0.3 is 18.9 Å². The maximum absolute atomic E-state index is 10.7. The molecule has 7 nitrogen and oxygen atoms in total. The molecule has 19 heavy (non-hydrogen) atoms. The van der Waals surface area contributed by atoms with Crippen molar-refractivity contribution in [2.75, 3.05) is 26.2 Å². The third kappa shape index (κ3) is 4.66. The Hall–Kier alpha value is -0.250. The van der Waals surface area contributed by atoms with Gasteiger partial charge in [-0.25, -0.2) is 8.42 Å². The van der Waals surface area contributed by atoms with E-state index in [4.69, 9.17) is 9.47 Å². The second kappa shape index (κ2) is 5.63. The van der Waals surface area contributed by atoms with Crippen LogP contribution in [0.1, 0.15) is 26.7 Å². The van der Waals surface area contributed by atoms with Gasteiger partial charge in [-0.15, -0.1) is 0 Å². The van der Waals surface area contributed by atoms with Crippen LogP contribution in [0.25, 0.3) is 0 Å². The fraction of sp³-hybridized carbons (Fsp3) is 1.00. The van der Waals surface area contributed by atoms with Crippen LogP contribution in [0.3, 0.4) is 0 Å². The number of ether oxygens (including phenoxy) is 2. The molecule has 0 aromatic heterocycles. The zero-order valence-electron chi connectivity index (χ0n) is 11.3. The van der Waals surface area contributed by atoms with Crippen LogP contribution in [0.4, 0.5) is 0 Å². The molecule has 2 rings (SSSR count). The Morgan fingerprint density at radius 3 is 2.58 bits per heavy atom. The van der Waals surface area contributed by atoms with E-state index >= 15 is 0 Å². The van der Waals surface area contributed by atoms with Crippen molar-refractivity contribution in [1.29, 1.82) is 0 Å². The molecule has 2 saturated heterocycles. The summed E-state index contributed by atoms with van der Waals surface area (Å²) in [4.78, 5) is 1.35. The molecule has 0 unspecified atom stereocenters. The van der Waals surface area contributed by atoms with Gasteiger partial charge >= 0.3 is 0 Å². The highest BCUT2D eigenvalue weighted by molar-refractivity contribution is 7.80. The summed E-state index contributed by atoms with van der Waals surface area (Å²) in [6, 6.07) is 0. The van der Waals surface area contributed by atoms with Gasteiger partial charge in [0.2, 0.25) is 10.4 Å². The van der Waals surface area contributed by atoms with Crippen molar-refractivity contribution in [3.8, 4) is 0 Å². The molecule has 2 fully saturated rings. The molecule has 0 radical (unpaired) electrons. The van der Waals surface area contributed by atoms with Gasteiger partial charge in [0.25, 0.3) is 0 Å². The van der Waals surface area contributed by atoms with Crippen molar-refractivity contribution in [2.45, 2.75) is 44.7 Å². The number of hydrogen-bond donors (Lipinski definition) is 1. The van der Waals surface area contributed by atoms with Crippen LogP contribution < -0.4 is 4.90 Å². The monoisotopic (exact) mass is 295 g/mol. The average Bonchev–Trinajstić information content (AvgIpc) is 2.73. The van der Waals surface area contributed by atoms with Crippen molar-refractivity contribution < 1.29 is 31.5 Å². The molecular weight excluding hydrogens is 274 g/mol. The molecule has 2 atom stereocenters. The minimum Gasteiger partial charge on any atom is -0.726 e. The summed E-state index contributed by atoms with van der Waals surface area (Å²) in [6.07, 6.45) is 1.02. The van der Waals surface area contributed by atoms with Gasteiger partial charge in [-0.1, -0.05) is 0 Å². The number of hydrogen-bond acceptors (Lipinski definition) is 6. The first-order valence-corrected chi connectivity index (χ1v) is 7.88. The second-order valence-corrected chi connectivity index (χ2v) is 6.58. The van der Waals surface area contributed by atoms with Gasteiger partial charge in [0.05, 0.1) is 19.7 Å². The SMILES string of the molecule is CC1(C)OC[C@H](OS(=O)(=O)[O-])[C@@H](C[NH+]2CCCC2)O1. The van der Waals surface area contributed by atoms with E-state index in [2.05, 4.69) is 4.18 Å². The Kier molecular flexibility index (Phi) is 4.49. The van der Waals surface area contributed by atoms with Gasteiger partial charge in [-0.2, -0.15) is 0 Å². The summed E-state index contributed by atoms with van der Waals surface area (Å²) in [7, 11) is -4.75. The maximum atomic E-state index is 10.7. The van der Waals surface area contributed by atoms with Crippen LogP contribution in [-0.2, 0) is 24.1 Å². The van der Waals surface area contributed by atoms with E-state index in [-0.39, 0.29) is 6.61 Å². The molecule has 2 aliphatic rings. The molecule has 0 aromatic carbocycles. The second-order valence-electron chi connectivity index (χ2n) is 5.57. The van der Waals surface area contributed by atoms with E-state index in [1.165, 1.54) is 4.90 Å². The predicted molar refractivity (Wildman–Crippen MR) is 64.3 cm³/mol. The summed E-state index contributed by atoms with van der Waals surface area (Å²) in [5, 5.41) is 0. The highest BCUT2D eigenvalue weighted by Gasteiger charge is 2.40. The molecule has 0 saturated carbocycles. The number of rotatable bonds is 4. The minimum absolute atomic E-state index is 0.0480. The summed E-state index contributed by atoms with van der Waals surface area (Å²) in [5.41, 5.74) is 0. The lowest BCUT2D eigenvalue weighted by Crippen LogP contribution is -3.11. The predicted octanol–water partition coefficient (Wildman–Crippen LogP) is -1.34. The Bertz CT molecular complexity index is 403. The van der Waals surface area contributed by atoms with E-state index in [1.54, 1.807) is 13.8 Å². The summed E-state index contributed by atoms with van der Waals surface area (Å²) < 4.78 is 47.9. The summed E-state index contributed by atoms with van der Waals surface area (Å²) >= 11 is 0. The topological polar surface area (TPSA) is 89.3 Å². The fourth-order valence-corrected chi connectivity index (χ4v) is 3.12. The van der Waals surface area contributed by atoms with Gasteiger partial charge in [-0.05, 0) is 13.8 Å². The Balaban J connectivity index is 2.02. The fourth-order valence-electron chi connectivity index (χ4n) is 2.64. The first kappa shape index (κ1) is 15.1. The normalized spacial score (nSPS) is 32.6. The zero-order valence-corrected chi connectivity index (χ0v) is 12.1. The standard InChI is InChI=1S/C11H21NO6S/c1-11(2)16-8-10(18-19(13,14)15)9(17-11)7-12-5-3-4-6-12/h9-10H,3-8H2,1-2H3,(H,13,14,15)/t9-,10+/m1/s1. The number of likely N-dealkylation sites (tertiary alicyclic amines) is 1. The van der Waals surface area contributed by atoms with E-state index in [9.17, 15) is 13.0 Å². The third-order valence-electron chi connectivity index (χ3n) is 3.49. The van der Waals surface area contributed by atoms with Crippen molar-refractivity contribution in [3.05, 3.63) is 0 Å². The lowest BCUT2D eigenvalue weighted by atomic mass is 10.1. The lowest BCUT2D eigenvalue weighted by Gasteiger charge is -2.40. The van der Waals surface area contributed by atoms with Crippen LogP contribution in [0.5, 0.6) is 0 Å². The molecule has 1 N–H and O–H groups in total. The summed E-state index contributed by atoms with van der Waals surface area (Å²) in [6.45, 7) is 6.29. The van der Waals surface area contributed by atoms with E-state index in [1.807, 2.05) is 0 Å². The maximum Gasteiger partial charge on any atom is 0.218 e. The smallest absolute Gasteiger partial charge is 0.218 e. The van der Waals surface area contributed by atoms with Crippen LogP contribution in [0.15, 0.2) is 0 Å². The van der Waals surface area contributed by atoms with Gasteiger partial charge in [0.15, 0.2) is 5.79 Å². The van der Waals surface area contributed by atoms with Gasteiger partial charge in [0.1, 0.15) is 18.8 Å². The molecule has 0 aromatic rings. The molecule has 2 heterocycles. The highest BCUT2D eigenvalue weighted by atomic mass is 32.3. The summed E-state index contributed by atoms with van der Waals surface area (Å²) in [5.74, 6) is -0.781.